The Kier molecular flexibility index (Phi) is 9.19. The number of aliphatic hydroxyl groups excluding tert-OH is 1. The molecule has 86 valence electrons. The molecule has 0 saturated heterocycles. The van der Waals surface area contributed by atoms with Crippen LogP contribution in [0.3, 0.4) is 0 Å². The summed E-state index contributed by atoms with van der Waals surface area (Å²) in [6, 6.07) is 0. The summed E-state index contributed by atoms with van der Waals surface area (Å²) in [5.41, 5.74) is 1.41. The van der Waals surface area contributed by atoms with Crippen LogP contribution in [-0.4, -0.2) is 11.7 Å². The third-order valence-corrected chi connectivity index (χ3v) is 2.24. The molecule has 1 heteroatoms. The Morgan fingerprint density at radius 3 is 2.47 bits per heavy atom. The summed E-state index contributed by atoms with van der Waals surface area (Å²) >= 11 is 0. The van der Waals surface area contributed by atoms with Crippen molar-refractivity contribution in [3.05, 3.63) is 36.0 Å². The van der Waals surface area contributed by atoms with Gasteiger partial charge in [0.05, 0.1) is 6.61 Å². The van der Waals surface area contributed by atoms with Crippen LogP contribution in [-0.2, 0) is 0 Å². The standard InChI is InChI=1S/C14H24O/c1-13(2)9-8-11-14(3)10-6-4-5-7-12-15/h4-7,9,14-15H,8,10-12H2,1-3H3. The second-order valence-electron chi connectivity index (χ2n) is 4.24. The van der Waals surface area contributed by atoms with Gasteiger partial charge in [-0.1, -0.05) is 42.9 Å². The van der Waals surface area contributed by atoms with Crippen molar-refractivity contribution in [1.82, 2.24) is 0 Å². The van der Waals surface area contributed by atoms with Gasteiger partial charge in [-0.25, -0.2) is 0 Å². The third kappa shape index (κ3) is 11.1. The van der Waals surface area contributed by atoms with Gasteiger partial charge in [0.25, 0.3) is 0 Å². The van der Waals surface area contributed by atoms with Gasteiger partial charge in [-0.15, -0.1) is 0 Å². The van der Waals surface area contributed by atoms with E-state index in [-0.39, 0.29) is 6.61 Å². The summed E-state index contributed by atoms with van der Waals surface area (Å²) in [7, 11) is 0. The monoisotopic (exact) mass is 208 g/mol. The maximum atomic E-state index is 8.52. The van der Waals surface area contributed by atoms with E-state index in [1.54, 1.807) is 6.08 Å². The molecule has 0 amide bonds. The molecule has 0 radical (unpaired) electrons. The summed E-state index contributed by atoms with van der Waals surface area (Å²) in [5, 5.41) is 8.52. The first-order chi connectivity index (χ1) is 7.16. The molecule has 0 spiro atoms. The van der Waals surface area contributed by atoms with Crippen LogP contribution >= 0.6 is 0 Å². The molecule has 0 aliphatic heterocycles. The predicted molar refractivity (Wildman–Crippen MR) is 67.8 cm³/mol. The fourth-order valence-electron chi connectivity index (χ4n) is 1.30. The summed E-state index contributed by atoms with van der Waals surface area (Å²) in [4.78, 5) is 0. The van der Waals surface area contributed by atoms with E-state index in [9.17, 15) is 0 Å². The van der Waals surface area contributed by atoms with Crippen LogP contribution in [0.5, 0.6) is 0 Å². The second-order valence-corrected chi connectivity index (χ2v) is 4.24. The first-order valence-corrected chi connectivity index (χ1v) is 5.72. The Labute approximate surface area is 94.2 Å². The van der Waals surface area contributed by atoms with Gasteiger partial charge in [0.1, 0.15) is 0 Å². The summed E-state index contributed by atoms with van der Waals surface area (Å²) in [6.45, 7) is 6.69. The Hall–Kier alpha value is -0.820. The molecule has 1 nitrogen and oxygen atoms in total. The van der Waals surface area contributed by atoms with Gasteiger partial charge in [0.2, 0.25) is 0 Å². The minimum atomic E-state index is 0.125. The van der Waals surface area contributed by atoms with Crippen LogP contribution in [0.4, 0.5) is 0 Å². The van der Waals surface area contributed by atoms with E-state index < -0.39 is 0 Å². The van der Waals surface area contributed by atoms with Crippen LogP contribution in [0, 0.1) is 5.92 Å². The minimum Gasteiger partial charge on any atom is -0.392 e. The summed E-state index contributed by atoms with van der Waals surface area (Å²) in [6.07, 6.45) is 13.7. The van der Waals surface area contributed by atoms with Gasteiger partial charge in [-0.3, -0.25) is 0 Å². The lowest BCUT2D eigenvalue weighted by atomic mass is 10.0. The van der Waals surface area contributed by atoms with Crippen molar-refractivity contribution in [1.29, 1.82) is 0 Å². The van der Waals surface area contributed by atoms with E-state index in [1.807, 2.05) is 12.2 Å². The number of aliphatic hydroxyl groups is 1. The van der Waals surface area contributed by atoms with Crippen molar-refractivity contribution >= 4 is 0 Å². The molecule has 0 fully saturated rings. The third-order valence-electron chi connectivity index (χ3n) is 2.24. The SMILES string of the molecule is CC(C)=CCCC(C)CC=CC=CCO. The number of hydrogen-bond donors (Lipinski definition) is 1. The van der Waals surface area contributed by atoms with Gasteiger partial charge in [-0.05, 0) is 39.0 Å². The van der Waals surface area contributed by atoms with Crippen molar-refractivity contribution < 1.29 is 5.11 Å². The van der Waals surface area contributed by atoms with Crippen LogP contribution in [0.1, 0.15) is 40.0 Å². The van der Waals surface area contributed by atoms with Crippen molar-refractivity contribution in [3.8, 4) is 0 Å². The molecule has 0 aromatic carbocycles. The van der Waals surface area contributed by atoms with Crippen molar-refractivity contribution in [2.75, 3.05) is 6.61 Å². The van der Waals surface area contributed by atoms with E-state index in [4.69, 9.17) is 5.11 Å². The number of rotatable bonds is 7. The number of allylic oxidation sites excluding steroid dienone is 5. The molecule has 0 aliphatic rings. The molecule has 1 atom stereocenters. The molecule has 15 heavy (non-hydrogen) atoms. The molecule has 0 saturated carbocycles. The zero-order chi connectivity index (χ0) is 11.5. The van der Waals surface area contributed by atoms with E-state index in [2.05, 4.69) is 32.9 Å². The largest absolute Gasteiger partial charge is 0.392 e. The van der Waals surface area contributed by atoms with Crippen molar-refractivity contribution in [3.63, 3.8) is 0 Å². The van der Waals surface area contributed by atoms with Crippen LogP contribution < -0.4 is 0 Å². The topological polar surface area (TPSA) is 20.2 Å². The Balaban J connectivity index is 3.57. The van der Waals surface area contributed by atoms with E-state index in [1.165, 1.54) is 18.4 Å². The fourth-order valence-corrected chi connectivity index (χ4v) is 1.30. The smallest absolute Gasteiger partial charge is 0.0615 e. The van der Waals surface area contributed by atoms with Gasteiger partial charge in [-0.2, -0.15) is 0 Å². The molecule has 0 rings (SSSR count). The Morgan fingerprint density at radius 1 is 1.20 bits per heavy atom. The molecular formula is C14H24O. The van der Waals surface area contributed by atoms with E-state index >= 15 is 0 Å². The molecule has 0 bridgehead atoms. The molecule has 0 aromatic rings. The highest BCUT2D eigenvalue weighted by molar-refractivity contribution is 5.02. The average Bonchev–Trinajstić information content (AvgIpc) is 2.17. The van der Waals surface area contributed by atoms with Gasteiger partial charge in [0, 0.05) is 0 Å². The van der Waals surface area contributed by atoms with E-state index in [0.29, 0.717) is 0 Å². The van der Waals surface area contributed by atoms with Crippen LogP contribution in [0.25, 0.3) is 0 Å². The zero-order valence-electron chi connectivity index (χ0n) is 10.2. The fraction of sp³-hybridized carbons (Fsp3) is 0.571. The normalized spacial score (nSPS) is 13.6. The Bertz CT molecular complexity index is 219. The summed E-state index contributed by atoms with van der Waals surface area (Å²) in [5.74, 6) is 0.736. The van der Waals surface area contributed by atoms with E-state index in [0.717, 1.165) is 12.3 Å². The molecule has 1 unspecified atom stereocenters. The van der Waals surface area contributed by atoms with Gasteiger partial charge in [0.15, 0.2) is 0 Å². The predicted octanol–water partition coefficient (Wildman–Crippen LogP) is 3.86. The molecule has 0 aromatic heterocycles. The second kappa shape index (κ2) is 9.72. The van der Waals surface area contributed by atoms with Crippen molar-refractivity contribution in [2.24, 2.45) is 5.92 Å². The van der Waals surface area contributed by atoms with Gasteiger partial charge < -0.3 is 5.11 Å². The first kappa shape index (κ1) is 14.2. The quantitative estimate of drug-likeness (QED) is 0.497. The minimum absolute atomic E-state index is 0.125. The highest BCUT2D eigenvalue weighted by atomic mass is 16.2. The maximum absolute atomic E-state index is 8.52. The lowest BCUT2D eigenvalue weighted by Crippen LogP contribution is -1.91. The average molecular weight is 208 g/mol. The molecule has 0 heterocycles. The van der Waals surface area contributed by atoms with Crippen LogP contribution in [0.15, 0.2) is 36.0 Å². The molecule has 1 N–H and O–H groups in total. The molecule has 0 aliphatic carbocycles. The van der Waals surface area contributed by atoms with Crippen molar-refractivity contribution in [2.45, 2.75) is 40.0 Å². The zero-order valence-corrected chi connectivity index (χ0v) is 10.2. The molecular weight excluding hydrogens is 184 g/mol. The lowest BCUT2D eigenvalue weighted by molar-refractivity contribution is 0.343. The highest BCUT2D eigenvalue weighted by Crippen LogP contribution is 2.12. The summed E-state index contributed by atoms with van der Waals surface area (Å²) < 4.78 is 0. The first-order valence-electron chi connectivity index (χ1n) is 5.72. The Morgan fingerprint density at radius 2 is 1.87 bits per heavy atom. The number of hydrogen-bond acceptors (Lipinski definition) is 1. The van der Waals surface area contributed by atoms with Gasteiger partial charge >= 0.3 is 0 Å². The van der Waals surface area contributed by atoms with Crippen LogP contribution in [0.2, 0.25) is 0 Å². The maximum Gasteiger partial charge on any atom is 0.0615 e. The lowest BCUT2D eigenvalue weighted by Gasteiger charge is -2.05. The highest BCUT2D eigenvalue weighted by Gasteiger charge is 1.96.